The highest BCUT2D eigenvalue weighted by molar-refractivity contribution is 7.20. The van der Waals surface area contributed by atoms with Crippen LogP contribution in [0.2, 0.25) is 8.67 Å². The molecule has 0 radical (unpaired) electrons. The van der Waals surface area contributed by atoms with Gasteiger partial charge in [-0.25, -0.2) is 0 Å². The number of nitrogens with one attached hydrogen (secondary N) is 1. The second-order valence-electron chi connectivity index (χ2n) is 4.58. The Balaban J connectivity index is 2.54. The summed E-state index contributed by atoms with van der Waals surface area (Å²) in [7, 11) is 0. The van der Waals surface area contributed by atoms with Gasteiger partial charge in [0.2, 0.25) is 0 Å². The zero-order valence-corrected chi connectivity index (χ0v) is 13.6. The molecule has 4 heteroatoms. The Morgan fingerprint density at radius 2 is 1.84 bits per heavy atom. The lowest BCUT2D eigenvalue weighted by molar-refractivity contribution is 0.626. The number of thiophene rings is 1. The van der Waals surface area contributed by atoms with Crippen molar-refractivity contribution in [1.82, 2.24) is 5.32 Å². The van der Waals surface area contributed by atoms with Gasteiger partial charge in [0.05, 0.1) is 14.7 Å². The Bertz CT molecular complexity index is 557. The Morgan fingerprint density at radius 1 is 1.21 bits per heavy atom. The lowest BCUT2D eigenvalue weighted by atomic mass is 9.92. The van der Waals surface area contributed by atoms with Gasteiger partial charge in [-0.05, 0) is 43.1 Å². The molecule has 0 amide bonds. The second-order valence-corrected chi connectivity index (χ2v) is 6.86. The van der Waals surface area contributed by atoms with Crippen LogP contribution in [0.4, 0.5) is 0 Å². The molecule has 2 rings (SSSR count). The molecule has 0 saturated carbocycles. The molecule has 1 unspecified atom stereocenters. The summed E-state index contributed by atoms with van der Waals surface area (Å²) in [5.74, 6) is 0. The summed E-state index contributed by atoms with van der Waals surface area (Å²) in [4.78, 5) is 0. The van der Waals surface area contributed by atoms with Gasteiger partial charge in [0.25, 0.3) is 0 Å². The fourth-order valence-electron chi connectivity index (χ4n) is 2.40. The summed E-state index contributed by atoms with van der Waals surface area (Å²) in [6, 6.07) is 8.42. The van der Waals surface area contributed by atoms with Gasteiger partial charge in [0.15, 0.2) is 0 Å². The highest BCUT2D eigenvalue weighted by atomic mass is 35.5. The van der Waals surface area contributed by atoms with Gasteiger partial charge in [0, 0.05) is 5.56 Å². The Morgan fingerprint density at radius 3 is 2.32 bits per heavy atom. The molecule has 1 atom stereocenters. The normalized spacial score (nSPS) is 12.7. The first kappa shape index (κ1) is 14.9. The molecular formula is C15H17Cl2NS. The van der Waals surface area contributed by atoms with E-state index in [-0.39, 0.29) is 6.04 Å². The lowest BCUT2D eigenvalue weighted by Gasteiger charge is -2.22. The van der Waals surface area contributed by atoms with Crippen LogP contribution in [-0.4, -0.2) is 6.54 Å². The molecule has 1 aromatic heterocycles. The van der Waals surface area contributed by atoms with Gasteiger partial charge in [0.1, 0.15) is 0 Å². The van der Waals surface area contributed by atoms with Crippen LogP contribution in [0.25, 0.3) is 0 Å². The summed E-state index contributed by atoms with van der Waals surface area (Å²) >= 11 is 13.8. The number of rotatable bonds is 4. The SMILES string of the molecule is CCNC(c1cc(Cl)sc1Cl)c1c(C)cccc1C. The van der Waals surface area contributed by atoms with Gasteiger partial charge >= 0.3 is 0 Å². The Labute approximate surface area is 128 Å². The van der Waals surface area contributed by atoms with Crippen molar-refractivity contribution in [3.8, 4) is 0 Å². The van der Waals surface area contributed by atoms with E-state index in [1.807, 2.05) is 6.07 Å². The minimum Gasteiger partial charge on any atom is -0.306 e. The average molecular weight is 314 g/mol. The quantitative estimate of drug-likeness (QED) is 0.800. The van der Waals surface area contributed by atoms with E-state index in [9.17, 15) is 0 Å². The van der Waals surface area contributed by atoms with Crippen LogP contribution in [0, 0.1) is 13.8 Å². The zero-order valence-electron chi connectivity index (χ0n) is 11.3. The maximum Gasteiger partial charge on any atom is 0.0995 e. The summed E-state index contributed by atoms with van der Waals surface area (Å²) < 4.78 is 1.49. The van der Waals surface area contributed by atoms with Crippen LogP contribution in [0.15, 0.2) is 24.3 Å². The van der Waals surface area contributed by atoms with Gasteiger partial charge in [-0.2, -0.15) is 0 Å². The van der Waals surface area contributed by atoms with Crippen LogP contribution in [-0.2, 0) is 0 Å². The number of benzene rings is 1. The molecule has 0 aliphatic heterocycles. The molecule has 2 aromatic rings. The molecular weight excluding hydrogens is 297 g/mol. The summed E-state index contributed by atoms with van der Waals surface area (Å²) in [5, 5.41) is 3.51. The van der Waals surface area contributed by atoms with Gasteiger partial charge in [-0.15, -0.1) is 11.3 Å². The first-order chi connectivity index (χ1) is 9.04. The van der Waals surface area contributed by atoms with E-state index in [1.165, 1.54) is 28.0 Å². The molecule has 0 spiro atoms. The van der Waals surface area contributed by atoms with Crippen molar-refractivity contribution in [1.29, 1.82) is 0 Å². The van der Waals surface area contributed by atoms with E-state index in [4.69, 9.17) is 23.2 Å². The van der Waals surface area contributed by atoms with Crippen molar-refractivity contribution < 1.29 is 0 Å². The largest absolute Gasteiger partial charge is 0.306 e. The molecule has 1 heterocycles. The molecule has 19 heavy (non-hydrogen) atoms. The number of hydrogen-bond donors (Lipinski definition) is 1. The van der Waals surface area contributed by atoms with Gasteiger partial charge in [-0.3, -0.25) is 0 Å². The molecule has 0 bridgehead atoms. The van der Waals surface area contributed by atoms with E-state index >= 15 is 0 Å². The number of halogens is 2. The molecule has 1 nitrogen and oxygen atoms in total. The molecule has 102 valence electrons. The van der Waals surface area contributed by atoms with Crippen LogP contribution in [0.1, 0.15) is 35.2 Å². The third-order valence-electron chi connectivity index (χ3n) is 3.23. The van der Waals surface area contributed by atoms with Crippen LogP contribution < -0.4 is 5.32 Å². The molecule has 1 N–H and O–H groups in total. The smallest absolute Gasteiger partial charge is 0.0995 e. The fraction of sp³-hybridized carbons (Fsp3) is 0.333. The third-order valence-corrected chi connectivity index (χ3v) is 4.75. The maximum atomic E-state index is 6.32. The third kappa shape index (κ3) is 3.14. The van der Waals surface area contributed by atoms with E-state index in [0.29, 0.717) is 0 Å². The first-order valence-corrected chi connectivity index (χ1v) is 7.86. The van der Waals surface area contributed by atoms with Crippen molar-refractivity contribution in [2.24, 2.45) is 0 Å². The topological polar surface area (TPSA) is 12.0 Å². The zero-order chi connectivity index (χ0) is 14.0. The van der Waals surface area contributed by atoms with Crippen molar-refractivity contribution in [2.75, 3.05) is 6.54 Å². The standard InChI is InChI=1S/C15H17Cl2NS/c1-4-18-14(11-8-12(16)19-15(11)17)13-9(2)6-5-7-10(13)3/h5-8,14,18H,4H2,1-3H3. The van der Waals surface area contributed by atoms with Crippen LogP contribution in [0.5, 0.6) is 0 Å². The summed E-state index contributed by atoms with van der Waals surface area (Å²) in [6.07, 6.45) is 0. The van der Waals surface area contributed by atoms with Gasteiger partial charge in [-0.1, -0.05) is 48.3 Å². The average Bonchev–Trinajstić information content (AvgIpc) is 2.67. The molecule has 0 fully saturated rings. The molecule has 0 aliphatic carbocycles. The van der Waals surface area contributed by atoms with E-state index in [0.717, 1.165) is 20.8 Å². The second kappa shape index (κ2) is 6.27. The minimum absolute atomic E-state index is 0.0995. The monoisotopic (exact) mass is 313 g/mol. The van der Waals surface area contributed by atoms with Crippen LogP contribution in [0.3, 0.4) is 0 Å². The van der Waals surface area contributed by atoms with Crippen molar-refractivity contribution in [2.45, 2.75) is 26.8 Å². The van der Waals surface area contributed by atoms with Gasteiger partial charge < -0.3 is 5.32 Å². The van der Waals surface area contributed by atoms with Crippen LogP contribution >= 0.6 is 34.5 Å². The summed E-state index contributed by atoms with van der Waals surface area (Å²) in [6.45, 7) is 7.24. The van der Waals surface area contributed by atoms with E-state index in [2.05, 4.69) is 44.3 Å². The van der Waals surface area contributed by atoms with Crippen molar-refractivity contribution >= 4 is 34.5 Å². The van der Waals surface area contributed by atoms with E-state index in [1.54, 1.807) is 0 Å². The fourth-order valence-corrected chi connectivity index (χ4v) is 3.94. The lowest BCUT2D eigenvalue weighted by Crippen LogP contribution is -2.23. The molecule has 1 aromatic carbocycles. The first-order valence-electron chi connectivity index (χ1n) is 6.28. The minimum atomic E-state index is 0.0995. The number of aryl methyl sites for hydroxylation is 2. The maximum absolute atomic E-state index is 6.32. The predicted molar refractivity (Wildman–Crippen MR) is 85.8 cm³/mol. The Kier molecular flexibility index (Phi) is 4.91. The highest BCUT2D eigenvalue weighted by Crippen LogP contribution is 2.39. The summed E-state index contributed by atoms with van der Waals surface area (Å²) in [5.41, 5.74) is 4.89. The predicted octanol–water partition coefficient (Wildman–Crippen LogP) is 5.37. The number of hydrogen-bond acceptors (Lipinski definition) is 2. The Hall–Kier alpha value is -0.540. The van der Waals surface area contributed by atoms with E-state index < -0.39 is 0 Å². The molecule has 0 aliphatic rings. The van der Waals surface area contributed by atoms with Crippen molar-refractivity contribution in [3.63, 3.8) is 0 Å². The highest BCUT2D eigenvalue weighted by Gasteiger charge is 2.21. The molecule has 0 saturated heterocycles. The van der Waals surface area contributed by atoms with Crippen molar-refractivity contribution in [3.05, 3.63) is 55.2 Å².